The Bertz CT molecular complexity index is 451. The van der Waals surface area contributed by atoms with Crippen molar-refractivity contribution in [2.75, 3.05) is 13.1 Å². The Morgan fingerprint density at radius 2 is 1.77 bits per heavy atom. The van der Waals surface area contributed by atoms with Crippen LogP contribution in [0, 0.1) is 0 Å². The molecule has 2 N–H and O–H groups in total. The molecule has 0 heterocycles. The Labute approximate surface area is 151 Å². The van der Waals surface area contributed by atoms with Crippen LogP contribution in [0.15, 0.2) is 29.3 Å². The Morgan fingerprint density at radius 3 is 2.41 bits per heavy atom. The van der Waals surface area contributed by atoms with Crippen LogP contribution in [0.3, 0.4) is 0 Å². The van der Waals surface area contributed by atoms with Gasteiger partial charge < -0.3 is 15.4 Å². The highest BCUT2D eigenvalue weighted by atomic mass is 127. The Kier molecular flexibility index (Phi) is 9.27. The summed E-state index contributed by atoms with van der Waals surface area (Å²) in [6.45, 7) is 6.52. The van der Waals surface area contributed by atoms with Crippen LogP contribution in [-0.4, -0.2) is 25.2 Å². The van der Waals surface area contributed by atoms with Crippen molar-refractivity contribution in [3.05, 3.63) is 29.8 Å². The van der Waals surface area contributed by atoms with Crippen molar-refractivity contribution >= 4 is 29.9 Å². The maximum atomic E-state index is 6.15. The second-order valence-electron chi connectivity index (χ2n) is 5.36. The molecule has 0 saturated heterocycles. The minimum Gasteiger partial charge on any atom is -0.490 e. The number of benzene rings is 1. The third-order valence-corrected chi connectivity index (χ3v) is 3.66. The van der Waals surface area contributed by atoms with E-state index in [1.807, 2.05) is 12.1 Å². The number of hydrogen-bond donors (Lipinski definition) is 2. The highest BCUT2D eigenvalue weighted by Gasteiger charge is 2.17. The molecule has 1 aromatic carbocycles. The lowest BCUT2D eigenvalue weighted by molar-refractivity contribution is 0.208. The smallest absolute Gasteiger partial charge is 0.191 e. The summed E-state index contributed by atoms with van der Waals surface area (Å²) in [6.07, 6.45) is 5.32. The van der Waals surface area contributed by atoms with Gasteiger partial charge >= 0.3 is 0 Å². The average molecular weight is 417 g/mol. The van der Waals surface area contributed by atoms with E-state index in [9.17, 15) is 0 Å². The van der Waals surface area contributed by atoms with Gasteiger partial charge in [-0.3, -0.25) is 0 Å². The van der Waals surface area contributed by atoms with Gasteiger partial charge in [0.2, 0.25) is 0 Å². The van der Waals surface area contributed by atoms with Gasteiger partial charge in [-0.15, -0.1) is 24.0 Å². The van der Waals surface area contributed by atoms with Crippen molar-refractivity contribution in [1.82, 2.24) is 10.6 Å². The van der Waals surface area contributed by atoms with Crippen molar-refractivity contribution in [1.29, 1.82) is 0 Å². The van der Waals surface area contributed by atoms with E-state index in [4.69, 9.17) is 4.74 Å². The molecule has 5 heteroatoms. The number of aliphatic imine (C=N–C) groups is 1. The second-order valence-corrected chi connectivity index (χ2v) is 5.36. The third-order valence-electron chi connectivity index (χ3n) is 3.66. The maximum absolute atomic E-state index is 6.15. The summed E-state index contributed by atoms with van der Waals surface area (Å²) in [5.74, 6) is 1.84. The average Bonchev–Trinajstić information content (AvgIpc) is 2.99. The highest BCUT2D eigenvalue weighted by molar-refractivity contribution is 14.0. The number of nitrogens with zero attached hydrogens (tertiary/aromatic N) is 1. The first-order valence-corrected chi connectivity index (χ1v) is 8.10. The fourth-order valence-electron chi connectivity index (χ4n) is 2.61. The molecule has 1 saturated carbocycles. The van der Waals surface area contributed by atoms with Crippen LogP contribution in [0.2, 0.25) is 0 Å². The summed E-state index contributed by atoms with van der Waals surface area (Å²) >= 11 is 0. The van der Waals surface area contributed by atoms with Gasteiger partial charge in [-0.2, -0.15) is 0 Å². The molecule has 0 unspecified atom stereocenters. The molecule has 0 bridgehead atoms. The fourth-order valence-corrected chi connectivity index (χ4v) is 2.61. The molecule has 0 atom stereocenters. The summed E-state index contributed by atoms with van der Waals surface area (Å²) < 4.78 is 6.15. The molecule has 1 aliphatic rings. The molecule has 1 fully saturated rings. The van der Waals surface area contributed by atoms with Crippen LogP contribution in [0.1, 0.15) is 45.1 Å². The quantitative estimate of drug-likeness (QED) is 0.422. The Balaban J connectivity index is 0.00000242. The summed E-state index contributed by atoms with van der Waals surface area (Å²) in [5, 5.41) is 6.49. The van der Waals surface area contributed by atoms with Gasteiger partial charge in [-0.25, -0.2) is 4.99 Å². The molecular weight excluding hydrogens is 389 g/mol. The topological polar surface area (TPSA) is 45.7 Å². The lowest BCUT2D eigenvalue weighted by atomic mass is 10.2. The first-order chi connectivity index (χ1) is 10.3. The predicted octanol–water partition coefficient (Wildman–Crippen LogP) is 3.70. The first-order valence-electron chi connectivity index (χ1n) is 8.10. The zero-order valence-electron chi connectivity index (χ0n) is 13.6. The summed E-state index contributed by atoms with van der Waals surface area (Å²) in [6, 6.07) is 8.24. The van der Waals surface area contributed by atoms with E-state index in [-0.39, 0.29) is 24.0 Å². The highest BCUT2D eigenvalue weighted by Crippen LogP contribution is 2.26. The second kappa shape index (κ2) is 10.7. The van der Waals surface area contributed by atoms with Gasteiger partial charge in [0, 0.05) is 18.7 Å². The van der Waals surface area contributed by atoms with E-state index in [0.717, 1.165) is 30.4 Å². The van der Waals surface area contributed by atoms with Crippen molar-refractivity contribution in [2.45, 2.75) is 52.2 Å². The SMILES string of the molecule is CCNC(=NCc1ccccc1OC1CCCC1)NCC.I. The van der Waals surface area contributed by atoms with E-state index in [2.05, 4.69) is 41.6 Å². The molecule has 0 spiro atoms. The molecule has 22 heavy (non-hydrogen) atoms. The van der Waals surface area contributed by atoms with Crippen LogP contribution >= 0.6 is 24.0 Å². The zero-order valence-corrected chi connectivity index (χ0v) is 15.9. The molecule has 4 nitrogen and oxygen atoms in total. The molecule has 1 aliphatic carbocycles. The molecule has 1 aromatic rings. The van der Waals surface area contributed by atoms with Crippen LogP contribution in [0.5, 0.6) is 5.75 Å². The van der Waals surface area contributed by atoms with Gasteiger partial charge in [0.25, 0.3) is 0 Å². The van der Waals surface area contributed by atoms with Crippen LogP contribution in [0.4, 0.5) is 0 Å². The fraction of sp³-hybridized carbons (Fsp3) is 0.588. The summed E-state index contributed by atoms with van der Waals surface area (Å²) in [5.41, 5.74) is 1.15. The van der Waals surface area contributed by atoms with Gasteiger partial charge in [-0.05, 0) is 45.6 Å². The largest absolute Gasteiger partial charge is 0.490 e. The van der Waals surface area contributed by atoms with Crippen LogP contribution < -0.4 is 15.4 Å². The molecule has 0 aromatic heterocycles. The minimum absolute atomic E-state index is 0. The molecule has 124 valence electrons. The molecular formula is C17H28IN3O. The van der Waals surface area contributed by atoms with Crippen molar-refractivity contribution in [3.63, 3.8) is 0 Å². The lowest BCUT2D eigenvalue weighted by Crippen LogP contribution is -2.37. The molecule has 0 aliphatic heterocycles. The number of guanidine groups is 1. The van der Waals surface area contributed by atoms with Crippen molar-refractivity contribution in [3.8, 4) is 5.75 Å². The number of ether oxygens (including phenoxy) is 1. The number of halogens is 1. The van der Waals surface area contributed by atoms with E-state index in [1.165, 1.54) is 25.7 Å². The summed E-state index contributed by atoms with van der Waals surface area (Å²) in [7, 11) is 0. The maximum Gasteiger partial charge on any atom is 0.191 e. The van der Waals surface area contributed by atoms with E-state index in [1.54, 1.807) is 0 Å². The Hall–Kier alpha value is -0.980. The van der Waals surface area contributed by atoms with Crippen LogP contribution in [0.25, 0.3) is 0 Å². The third kappa shape index (κ3) is 6.02. The monoisotopic (exact) mass is 417 g/mol. The van der Waals surface area contributed by atoms with E-state index >= 15 is 0 Å². The van der Waals surface area contributed by atoms with Gasteiger partial charge in [0.1, 0.15) is 5.75 Å². The minimum atomic E-state index is 0. The normalized spacial score (nSPS) is 14.1. The molecule has 2 rings (SSSR count). The number of nitrogens with one attached hydrogen (secondary N) is 2. The van der Waals surface area contributed by atoms with E-state index in [0.29, 0.717) is 12.6 Å². The number of hydrogen-bond acceptors (Lipinski definition) is 2. The zero-order chi connectivity index (χ0) is 14.9. The standard InChI is InChI=1S/C17H27N3O.HI/c1-3-18-17(19-4-2)20-13-14-9-5-8-12-16(14)21-15-10-6-7-11-15;/h5,8-9,12,15H,3-4,6-7,10-11,13H2,1-2H3,(H2,18,19,20);1H. The molecule has 0 amide bonds. The van der Waals surface area contributed by atoms with E-state index < -0.39 is 0 Å². The first kappa shape index (κ1) is 19.1. The van der Waals surface area contributed by atoms with Gasteiger partial charge in [-0.1, -0.05) is 18.2 Å². The summed E-state index contributed by atoms with van der Waals surface area (Å²) in [4.78, 5) is 4.62. The number of para-hydroxylation sites is 1. The predicted molar refractivity (Wildman–Crippen MR) is 103 cm³/mol. The van der Waals surface area contributed by atoms with Crippen molar-refractivity contribution in [2.24, 2.45) is 4.99 Å². The van der Waals surface area contributed by atoms with Gasteiger partial charge in [0.05, 0.1) is 12.6 Å². The van der Waals surface area contributed by atoms with Crippen LogP contribution in [-0.2, 0) is 6.54 Å². The Morgan fingerprint density at radius 1 is 1.14 bits per heavy atom. The van der Waals surface area contributed by atoms with Gasteiger partial charge in [0.15, 0.2) is 5.96 Å². The molecule has 0 radical (unpaired) electrons. The number of rotatable bonds is 6. The van der Waals surface area contributed by atoms with Crippen molar-refractivity contribution < 1.29 is 4.74 Å². The lowest BCUT2D eigenvalue weighted by Gasteiger charge is -2.16.